The van der Waals surface area contributed by atoms with E-state index in [9.17, 15) is 9.59 Å². The number of para-hydroxylation sites is 1. The number of aromatic nitrogens is 2. The van der Waals surface area contributed by atoms with Gasteiger partial charge in [0.1, 0.15) is 17.1 Å². The molecule has 1 aromatic heterocycles. The van der Waals surface area contributed by atoms with Crippen LogP contribution in [0.4, 0.5) is 5.69 Å². The van der Waals surface area contributed by atoms with Crippen molar-refractivity contribution < 1.29 is 14.3 Å². The van der Waals surface area contributed by atoms with Crippen LogP contribution in [0.25, 0.3) is 6.08 Å². The summed E-state index contributed by atoms with van der Waals surface area (Å²) in [6, 6.07) is 23.6. The Hall–Kier alpha value is -3.79. The molecule has 7 nitrogen and oxygen atoms in total. The van der Waals surface area contributed by atoms with Gasteiger partial charge in [0.25, 0.3) is 11.8 Å². The molecule has 0 bridgehead atoms. The average molecular weight is 594 g/mol. The van der Waals surface area contributed by atoms with Crippen molar-refractivity contribution in [2.75, 3.05) is 4.90 Å². The van der Waals surface area contributed by atoms with Crippen LogP contribution < -0.4 is 15.0 Å². The minimum Gasteiger partial charge on any atom is -0.457 e. The molecule has 37 heavy (non-hydrogen) atoms. The number of ether oxygens (including phenoxy) is 1. The molecule has 2 amide bonds. The molecular formula is C27H18BrClN4O3S. The van der Waals surface area contributed by atoms with E-state index in [-0.39, 0.29) is 10.7 Å². The number of anilines is 1. The summed E-state index contributed by atoms with van der Waals surface area (Å²) in [6.45, 7) is 0.419. The number of carbonyl (C=O) groups is 2. The molecule has 0 radical (unpaired) electrons. The van der Waals surface area contributed by atoms with Crippen molar-refractivity contribution in [2.45, 2.75) is 6.54 Å². The number of benzene rings is 3. The van der Waals surface area contributed by atoms with Gasteiger partial charge < -0.3 is 4.74 Å². The smallest absolute Gasteiger partial charge is 0.270 e. The number of nitrogens with zero attached hydrogens (tertiary/aromatic N) is 3. The number of nitrogens with one attached hydrogen (secondary N) is 1. The molecule has 5 rings (SSSR count). The quantitative estimate of drug-likeness (QED) is 0.169. The van der Waals surface area contributed by atoms with Gasteiger partial charge in [0, 0.05) is 5.02 Å². The minimum absolute atomic E-state index is 0.00221. The number of rotatable bonds is 6. The summed E-state index contributed by atoms with van der Waals surface area (Å²) in [6.07, 6.45) is 3.12. The van der Waals surface area contributed by atoms with E-state index in [0.29, 0.717) is 38.9 Å². The molecule has 1 aliphatic heterocycles. The zero-order chi connectivity index (χ0) is 25.9. The lowest BCUT2D eigenvalue weighted by molar-refractivity contribution is -0.122. The molecule has 184 valence electrons. The highest BCUT2D eigenvalue weighted by Gasteiger charge is 2.35. The third-order valence-electron chi connectivity index (χ3n) is 5.54. The molecule has 3 aromatic carbocycles. The van der Waals surface area contributed by atoms with Crippen LogP contribution in [0.3, 0.4) is 0 Å². The first-order chi connectivity index (χ1) is 17.9. The lowest BCUT2D eigenvalue weighted by atomic mass is 10.1. The normalized spacial score (nSPS) is 14.7. The summed E-state index contributed by atoms with van der Waals surface area (Å²) < 4.78 is 8.15. The summed E-state index contributed by atoms with van der Waals surface area (Å²) in [4.78, 5) is 27.6. The second-order valence-electron chi connectivity index (χ2n) is 8.03. The molecule has 1 fully saturated rings. The summed E-state index contributed by atoms with van der Waals surface area (Å²) in [7, 11) is 0. The first kappa shape index (κ1) is 24.9. The SMILES string of the molecule is O=C1NC(=S)N(c2ccc(Oc3ccccc3)cc2)C(=O)C1=Cc1c(Br)cnn1Cc1ccc(Cl)cc1. The molecule has 0 aliphatic carbocycles. The highest BCUT2D eigenvalue weighted by atomic mass is 79.9. The van der Waals surface area contributed by atoms with Gasteiger partial charge in [-0.2, -0.15) is 5.10 Å². The van der Waals surface area contributed by atoms with Gasteiger partial charge >= 0.3 is 0 Å². The van der Waals surface area contributed by atoms with E-state index in [4.69, 9.17) is 28.6 Å². The van der Waals surface area contributed by atoms with Gasteiger partial charge in [-0.05, 0) is 88.3 Å². The summed E-state index contributed by atoms with van der Waals surface area (Å²) in [5, 5.41) is 7.62. The Morgan fingerprint density at radius 3 is 2.35 bits per heavy atom. The van der Waals surface area contributed by atoms with E-state index >= 15 is 0 Å². The van der Waals surface area contributed by atoms with Crippen LogP contribution in [-0.2, 0) is 16.1 Å². The summed E-state index contributed by atoms with van der Waals surface area (Å²) >= 11 is 14.8. The van der Waals surface area contributed by atoms with Crippen LogP contribution >= 0.6 is 39.7 Å². The zero-order valence-electron chi connectivity index (χ0n) is 19.1. The molecule has 0 atom stereocenters. The van der Waals surface area contributed by atoms with E-state index in [0.717, 1.165) is 5.56 Å². The largest absolute Gasteiger partial charge is 0.457 e. The second-order valence-corrected chi connectivity index (χ2v) is 9.71. The minimum atomic E-state index is -0.582. The predicted molar refractivity (Wildman–Crippen MR) is 150 cm³/mol. The fraction of sp³-hybridized carbons (Fsp3) is 0.0370. The van der Waals surface area contributed by atoms with E-state index in [1.807, 2.05) is 42.5 Å². The van der Waals surface area contributed by atoms with Crippen molar-refractivity contribution in [2.24, 2.45) is 0 Å². The van der Waals surface area contributed by atoms with Crippen molar-refractivity contribution in [1.82, 2.24) is 15.1 Å². The van der Waals surface area contributed by atoms with Crippen LogP contribution in [0.1, 0.15) is 11.3 Å². The van der Waals surface area contributed by atoms with E-state index in [1.54, 1.807) is 47.3 Å². The highest BCUT2D eigenvalue weighted by Crippen LogP contribution is 2.28. The average Bonchev–Trinajstić information content (AvgIpc) is 3.23. The van der Waals surface area contributed by atoms with Gasteiger partial charge in [0.2, 0.25) is 0 Å². The Labute approximate surface area is 231 Å². The van der Waals surface area contributed by atoms with Gasteiger partial charge in [-0.1, -0.05) is 41.9 Å². The third kappa shape index (κ3) is 5.48. The van der Waals surface area contributed by atoms with Crippen molar-refractivity contribution >= 4 is 68.4 Å². The van der Waals surface area contributed by atoms with Crippen LogP contribution in [0.2, 0.25) is 5.02 Å². The van der Waals surface area contributed by atoms with Crippen LogP contribution in [-0.4, -0.2) is 26.7 Å². The molecule has 1 aliphatic rings. The van der Waals surface area contributed by atoms with Crippen molar-refractivity contribution in [1.29, 1.82) is 0 Å². The molecule has 2 heterocycles. The van der Waals surface area contributed by atoms with Crippen molar-refractivity contribution in [3.8, 4) is 11.5 Å². The molecule has 4 aromatic rings. The van der Waals surface area contributed by atoms with E-state index in [1.165, 1.54) is 11.0 Å². The Kier molecular flexibility index (Phi) is 7.18. The summed E-state index contributed by atoms with van der Waals surface area (Å²) in [5.41, 5.74) is 1.94. The standard InChI is InChI=1S/C27H18BrClN4O3S/c28-23-15-30-32(16-17-6-8-18(29)9-7-17)24(23)14-22-25(34)31-27(37)33(26(22)35)19-10-12-21(13-11-19)36-20-4-2-1-3-5-20/h1-15H,16H2,(H,31,34,37). The Morgan fingerprint density at radius 2 is 1.65 bits per heavy atom. The fourth-order valence-corrected chi connectivity index (χ4v) is 4.54. The lowest BCUT2D eigenvalue weighted by Gasteiger charge is -2.29. The van der Waals surface area contributed by atoms with Gasteiger partial charge in [-0.3, -0.25) is 24.5 Å². The third-order valence-corrected chi connectivity index (χ3v) is 6.68. The van der Waals surface area contributed by atoms with Crippen LogP contribution in [0.15, 0.2) is 95.1 Å². The number of carbonyl (C=O) groups excluding carboxylic acids is 2. The maximum atomic E-state index is 13.5. The molecular weight excluding hydrogens is 576 g/mol. The topological polar surface area (TPSA) is 76.5 Å². The van der Waals surface area contributed by atoms with Gasteiger partial charge in [-0.15, -0.1) is 0 Å². The number of hydrogen-bond acceptors (Lipinski definition) is 5. The first-order valence-electron chi connectivity index (χ1n) is 11.1. The van der Waals surface area contributed by atoms with E-state index < -0.39 is 11.8 Å². The number of amides is 2. The Morgan fingerprint density at radius 1 is 0.973 bits per heavy atom. The molecule has 0 unspecified atom stereocenters. The molecule has 10 heteroatoms. The van der Waals surface area contributed by atoms with Gasteiger partial charge in [-0.25, -0.2) is 0 Å². The number of thiocarbonyl (C=S) groups is 1. The van der Waals surface area contributed by atoms with Crippen molar-refractivity contribution in [3.05, 3.63) is 111 Å². The van der Waals surface area contributed by atoms with Gasteiger partial charge in [0.05, 0.1) is 28.6 Å². The monoisotopic (exact) mass is 592 g/mol. The number of hydrogen-bond donors (Lipinski definition) is 1. The number of halogens is 2. The molecule has 1 saturated heterocycles. The lowest BCUT2D eigenvalue weighted by Crippen LogP contribution is -2.54. The molecule has 0 spiro atoms. The Balaban J connectivity index is 1.42. The van der Waals surface area contributed by atoms with Crippen LogP contribution in [0.5, 0.6) is 11.5 Å². The highest BCUT2D eigenvalue weighted by molar-refractivity contribution is 9.10. The maximum Gasteiger partial charge on any atom is 0.270 e. The van der Waals surface area contributed by atoms with E-state index in [2.05, 4.69) is 26.3 Å². The second kappa shape index (κ2) is 10.7. The van der Waals surface area contributed by atoms with Gasteiger partial charge in [0.15, 0.2) is 5.11 Å². The molecule has 0 saturated carbocycles. The predicted octanol–water partition coefficient (Wildman–Crippen LogP) is 5.97. The zero-order valence-corrected chi connectivity index (χ0v) is 22.3. The Bertz CT molecular complexity index is 1520. The fourth-order valence-electron chi connectivity index (χ4n) is 3.72. The molecule has 1 N–H and O–H groups in total. The van der Waals surface area contributed by atoms with Crippen molar-refractivity contribution in [3.63, 3.8) is 0 Å². The maximum absolute atomic E-state index is 13.5. The summed E-state index contributed by atoms with van der Waals surface area (Å²) in [5.74, 6) is 0.163. The first-order valence-corrected chi connectivity index (χ1v) is 12.7. The van der Waals surface area contributed by atoms with Crippen LogP contribution in [0, 0.1) is 0 Å².